The predicted molar refractivity (Wildman–Crippen MR) is 121 cm³/mol. The Hall–Kier alpha value is -2.00. The van der Waals surface area contributed by atoms with E-state index in [1.165, 1.54) is 11.8 Å². The fourth-order valence-corrected chi connectivity index (χ4v) is 5.33. The van der Waals surface area contributed by atoms with E-state index in [0.717, 1.165) is 11.3 Å². The van der Waals surface area contributed by atoms with Crippen LogP contribution < -0.4 is 10.1 Å². The molecule has 2 N–H and O–H groups in total. The predicted octanol–water partition coefficient (Wildman–Crippen LogP) is 5.21. The standard InChI is InChI=1S/C20H22ClN3O3S2/c1-20(2)17(24(26)18(25)22-15-9-6-8-14(21)11-15)23(19(28)29-20)12-13-7-4-5-10-16(13)27-3/h4-11,17,26H,12H2,1-3H3,(H,22,25). The van der Waals surface area contributed by atoms with Gasteiger partial charge in [-0.15, -0.1) is 0 Å². The summed E-state index contributed by atoms with van der Waals surface area (Å²) in [6.07, 6.45) is -0.677. The lowest BCUT2D eigenvalue weighted by atomic mass is 10.1. The number of nitrogens with one attached hydrogen (secondary N) is 1. The van der Waals surface area contributed by atoms with Crippen LogP contribution in [0.15, 0.2) is 48.5 Å². The van der Waals surface area contributed by atoms with Crippen LogP contribution in [0.4, 0.5) is 10.5 Å². The van der Waals surface area contributed by atoms with Crippen LogP contribution in [0.25, 0.3) is 0 Å². The van der Waals surface area contributed by atoms with Crippen LogP contribution in [0.1, 0.15) is 19.4 Å². The Bertz CT molecular complexity index is 925. The van der Waals surface area contributed by atoms with Crippen molar-refractivity contribution in [1.29, 1.82) is 0 Å². The lowest BCUT2D eigenvalue weighted by Crippen LogP contribution is -2.55. The Kier molecular flexibility index (Phi) is 6.58. The first-order valence-corrected chi connectivity index (χ1v) is 10.5. The number of rotatable bonds is 5. The Labute approximate surface area is 184 Å². The first kappa shape index (κ1) is 21.7. The van der Waals surface area contributed by atoms with Crippen molar-refractivity contribution in [3.8, 4) is 5.75 Å². The number of hydrogen-bond acceptors (Lipinski definition) is 5. The topological polar surface area (TPSA) is 65.0 Å². The Morgan fingerprint density at radius 1 is 1.34 bits per heavy atom. The number of methoxy groups -OCH3 is 1. The van der Waals surface area contributed by atoms with Crippen molar-refractivity contribution >= 4 is 51.6 Å². The van der Waals surface area contributed by atoms with Crippen molar-refractivity contribution in [2.24, 2.45) is 0 Å². The number of anilines is 1. The number of hydroxylamine groups is 2. The Morgan fingerprint density at radius 3 is 2.76 bits per heavy atom. The van der Waals surface area contributed by atoms with Crippen LogP contribution in [0, 0.1) is 0 Å². The van der Waals surface area contributed by atoms with Crippen LogP contribution in [0.2, 0.25) is 5.02 Å². The lowest BCUT2D eigenvalue weighted by Gasteiger charge is -2.37. The van der Waals surface area contributed by atoms with Gasteiger partial charge in [0, 0.05) is 16.3 Å². The normalized spacial score (nSPS) is 17.9. The minimum atomic E-state index is -0.677. The molecule has 6 nitrogen and oxygen atoms in total. The van der Waals surface area contributed by atoms with E-state index >= 15 is 0 Å². The van der Waals surface area contributed by atoms with Crippen LogP contribution in [-0.4, -0.2) is 43.5 Å². The zero-order chi connectivity index (χ0) is 21.2. The molecular formula is C20H22ClN3O3S2. The second-order valence-corrected chi connectivity index (χ2v) is 9.79. The van der Waals surface area contributed by atoms with Gasteiger partial charge in [0.25, 0.3) is 0 Å². The highest BCUT2D eigenvalue weighted by atomic mass is 35.5. The van der Waals surface area contributed by atoms with Gasteiger partial charge in [0.15, 0.2) is 0 Å². The molecule has 1 fully saturated rings. The van der Waals surface area contributed by atoms with Crippen molar-refractivity contribution in [2.45, 2.75) is 31.3 Å². The van der Waals surface area contributed by atoms with Gasteiger partial charge in [-0.25, -0.2) is 4.79 Å². The molecular weight excluding hydrogens is 430 g/mol. The van der Waals surface area contributed by atoms with E-state index in [1.807, 2.05) is 43.0 Å². The van der Waals surface area contributed by atoms with Gasteiger partial charge >= 0.3 is 6.03 Å². The van der Waals surface area contributed by atoms with Crippen LogP contribution in [-0.2, 0) is 6.54 Å². The number of benzene rings is 2. The highest BCUT2D eigenvalue weighted by Crippen LogP contribution is 2.43. The van der Waals surface area contributed by atoms with Crippen molar-refractivity contribution in [1.82, 2.24) is 9.96 Å². The number of ether oxygens (including phenoxy) is 1. The van der Waals surface area contributed by atoms with Gasteiger partial charge in [-0.2, -0.15) is 5.06 Å². The SMILES string of the molecule is COc1ccccc1CN1C(=S)SC(C)(C)C1N(O)C(=O)Nc1cccc(Cl)c1. The number of thiocarbonyl (C=S) groups is 1. The summed E-state index contributed by atoms with van der Waals surface area (Å²) in [6, 6.07) is 13.7. The maximum atomic E-state index is 12.7. The molecule has 1 saturated heterocycles. The molecule has 0 saturated carbocycles. The highest BCUT2D eigenvalue weighted by molar-refractivity contribution is 8.24. The second kappa shape index (κ2) is 8.79. The summed E-state index contributed by atoms with van der Waals surface area (Å²) in [5.41, 5.74) is 1.40. The summed E-state index contributed by atoms with van der Waals surface area (Å²) in [5, 5.41) is 14.7. The van der Waals surface area contributed by atoms with Gasteiger partial charge < -0.3 is 15.0 Å². The second-order valence-electron chi connectivity index (χ2n) is 7.07. The number of para-hydroxylation sites is 1. The average molecular weight is 452 g/mol. The maximum Gasteiger partial charge on any atom is 0.347 e. The average Bonchev–Trinajstić information content (AvgIpc) is 2.89. The highest BCUT2D eigenvalue weighted by Gasteiger charge is 2.49. The van der Waals surface area contributed by atoms with E-state index in [4.69, 9.17) is 28.6 Å². The van der Waals surface area contributed by atoms with Crippen molar-refractivity contribution in [3.63, 3.8) is 0 Å². The van der Waals surface area contributed by atoms with Gasteiger partial charge in [-0.05, 0) is 38.1 Å². The molecule has 0 bridgehead atoms. The molecule has 1 aliphatic rings. The van der Waals surface area contributed by atoms with Crippen LogP contribution >= 0.6 is 35.6 Å². The third-order valence-electron chi connectivity index (χ3n) is 4.55. The number of hydrogen-bond donors (Lipinski definition) is 2. The number of thioether (sulfide) groups is 1. The van der Waals surface area contributed by atoms with E-state index in [9.17, 15) is 10.0 Å². The summed E-state index contributed by atoms with van der Waals surface area (Å²) in [6.45, 7) is 4.27. The molecule has 2 amide bonds. The van der Waals surface area contributed by atoms with Crippen molar-refractivity contribution < 1.29 is 14.7 Å². The Balaban J connectivity index is 1.84. The van der Waals surface area contributed by atoms with Crippen molar-refractivity contribution in [3.05, 3.63) is 59.1 Å². The van der Waals surface area contributed by atoms with E-state index in [2.05, 4.69) is 5.32 Å². The van der Waals surface area contributed by atoms with Gasteiger partial charge in [0.1, 0.15) is 16.2 Å². The summed E-state index contributed by atoms with van der Waals surface area (Å²) in [5.74, 6) is 0.719. The summed E-state index contributed by atoms with van der Waals surface area (Å²) < 4.78 is 5.50. The van der Waals surface area contributed by atoms with Gasteiger partial charge in [-0.1, -0.05) is 59.8 Å². The number of nitrogens with zero attached hydrogens (tertiary/aromatic N) is 2. The number of carbonyl (C=O) groups excluding carboxylic acids is 1. The fraction of sp³-hybridized carbons (Fsp3) is 0.300. The van der Waals surface area contributed by atoms with Crippen molar-refractivity contribution in [2.75, 3.05) is 12.4 Å². The minimum absolute atomic E-state index is 0.394. The molecule has 0 spiro atoms. The Morgan fingerprint density at radius 2 is 2.07 bits per heavy atom. The monoisotopic (exact) mass is 451 g/mol. The quantitative estimate of drug-likeness (QED) is 0.369. The van der Waals surface area contributed by atoms with E-state index in [-0.39, 0.29) is 0 Å². The molecule has 0 aliphatic carbocycles. The summed E-state index contributed by atoms with van der Waals surface area (Å²) in [4.78, 5) is 14.6. The van der Waals surface area contributed by atoms with Gasteiger partial charge in [0.05, 0.1) is 18.4 Å². The van der Waals surface area contributed by atoms with Gasteiger partial charge in [0.2, 0.25) is 0 Å². The van der Waals surface area contributed by atoms with Crippen LogP contribution in [0.5, 0.6) is 5.75 Å². The third kappa shape index (κ3) is 4.78. The molecule has 29 heavy (non-hydrogen) atoms. The minimum Gasteiger partial charge on any atom is -0.496 e. The molecule has 2 aromatic rings. The molecule has 1 unspecified atom stereocenters. The van der Waals surface area contributed by atoms with E-state index in [0.29, 0.717) is 26.6 Å². The van der Waals surface area contributed by atoms with Crippen LogP contribution in [0.3, 0.4) is 0 Å². The number of carbonyl (C=O) groups is 1. The largest absolute Gasteiger partial charge is 0.496 e. The lowest BCUT2D eigenvalue weighted by molar-refractivity contribution is -0.115. The smallest absolute Gasteiger partial charge is 0.347 e. The maximum absolute atomic E-state index is 12.7. The fourth-order valence-electron chi connectivity index (χ4n) is 3.26. The molecule has 9 heteroatoms. The number of urea groups is 1. The molecule has 2 aromatic carbocycles. The molecule has 1 heterocycles. The molecule has 1 aliphatic heterocycles. The third-order valence-corrected chi connectivity index (χ3v) is 6.42. The molecule has 3 rings (SSSR count). The van der Waals surface area contributed by atoms with Gasteiger partial charge in [-0.3, -0.25) is 5.21 Å². The zero-order valence-corrected chi connectivity index (χ0v) is 18.6. The number of amides is 2. The summed E-state index contributed by atoms with van der Waals surface area (Å²) in [7, 11) is 1.61. The van der Waals surface area contributed by atoms with E-state index in [1.54, 1.807) is 31.4 Å². The zero-order valence-electron chi connectivity index (χ0n) is 16.3. The number of halogens is 1. The van der Waals surface area contributed by atoms with E-state index < -0.39 is 16.9 Å². The molecule has 1 atom stereocenters. The molecule has 0 radical (unpaired) electrons. The summed E-state index contributed by atoms with van der Waals surface area (Å²) >= 11 is 13.0. The molecule has 0 aromatic heterocycles. The first-order valence-electron chi connectivity index (χ1n) is 8.89. The first-order chi connectivity index (χ1) is 13.7. The molecule has 154 valence electrons.